The first-order chi connectivity index (χ1) is 13.1. The first kappa shape index (κ1) is 17.5. The number of hydrogen-bond acceptors (Lipinski definition) is 4. The summed E-state index contributed by atoms with van der Waals surface area (Å²) in [4.78, 5) is 19.4. The summed E-state index contributed by atoms with van der Waals surface area (Å²) in [5.41, 5.74) is 2.67. The first-order valence-corrected chi connectivity index (χ1v) is 9.29. The predicted octanol–water partition coefficient (Wildman–Crippen LogP) is 3.31. The van der Waals surface area contributed by atoms with Gasteiger partial charge in [0.05, 0.1) is 7.11 Å². The van der Waals surface area contributed by atoms with E-state index < -0.39 is 0 Å². The Hall–Kier alpha value is -2.89. The van der Waals surface area contributed by atoms with E-state index in [0.717, 1.165) is 47.2 Å². The Morgan fingerprint density at radius 2 is 2.15 bits per heavy atom. The Morgan fingerprint density at radius 3 is 2.89 bits per heavy atom. The van der Waals surface area contributed by atoms with Crippen molar-refractivity contribution in [3.05, 3.63) is 53.6 Å². The lowest BCUT2D eigenvalue weighted by Crippen LogP contribution is -2.39. The van der Waals surface area contributed by atoms with Crippen LogP contribution in [-0.4, -0.2) is 45.8 Å². The molecule has 27 heavy (non-hydrogen) atoms. The number of benzene rings is 1. The SMILES string of the molecule is COc1ccc2cnc([C@@H]3CCCN(C(=O)c4ccn(C)n4)C3)cc2c1C. The van der Waals surface area contributed by atoms with Crippen LogP contribution in [-0.2, 0) is 7.05 Å². The Labute approximate surface area is 158 Å². The lowest BCUT2D eigenvalue weighted by atomic mass is 9.92. The summed E-state index contributed by atoms with van der Waals surface area (Å²) in [6, 6.07) is 7.95. The van der Waals surface area contributed by atoms with Crippen LogP contribution < -0.4 is 4.74 Å². The predicted molar refractivity (Wildman–Crippen MR) is 104 cm³/mol. The molecule has 1 saturated heterocycles. The number of rotatable bonds is 3. The molecule has 3 aromatic rings. The number of carbonyl (C=O) groups excluding carboxylic acids is 1. The summed E-state index contributed by atoms with van der Waals surface area (Å²) in [5.74, 6) is 1.12. The summed E-state index contributed by atoms with van der Waals surface area (Å²) in [5, 5.41) is 6.52. The van der Waals surface area contributed by atoms with Crippen molar-refractivity contribution in [3.63, 3.8) is 0 Å². The van der Waals surface area contributed by atoms with Gasteiger partial charge in [0.25, 0.3) is 5.91 Å². The maximum Gasteiger partial charge on any atom is 0.274 e. The highest BCUT2D eigenvalue weighted by molar-refractivity contribution is 5.92. The van der Waals surface area contributed by atoms with E-state index in [-0.39, 0.29) is 11.8 Å². The van der Waals surface area contributed by atoms with Crippen molar-refractivity contribution in [2.45, 2.75) is 25.7 Å². The van der Waals surface area contributed by atoms with Gasteiger partial charge in [0.15, 0.2) is 0 Å². The second kappa shape index (κ2) is 7.02. The number of aryl methyl sites for hydroxylation is 2. The minimum absolute atomic E-state index is 0.000982. The van der Waals surface area contributed by atoms with Gasteiger partial charge in [-0.25, -0.2) is 0 Å². The number of amides is 1. The summed E-state index contributed by atoms with van der Waals surface area (Å²) in [7, 11) is 3.52. The summed E-state index contributed by atoms with van der Waals surface area (Å²) in [6.07, 6.45) is 5.74. The second-order valence-electron chi connectivity index (χ2n) is 7.19. The molecular formula is C21H24N4O2. The molecule has 1 amide bonds. The molecule has 1 aromatic carbocycles. The van der Waals surface area contributed by atoms with Gasteiger partial charge in [-0.05, 0) is 55.0 Å². The largest absolute Gasteiger partial charge is 0.496 e. The van der Waals surface area contributed by atoms with Gasteiger partial charge in [-0.15, -0.1) is 0 Å². The highest BCUT2D eigenvalue weighted by atomic mass is 16.5. The topological polar surface area (TPSA) is 60.2 Å². The van der Waals surface area contributed by atoms with Crippen LogP contribution in [0.4, 0.5) is 0 Å². The monoisotopic (exact) mass is 364 g/mol. The first-order valence-electron chi connectivity index (χ1n) is 9.29. The molecule has 0 aliphatic carbocycles. The number of piperidine rings is 1. The molecule has 0 bridgehead atoms. The van der Waals surface area contributed by atoms with Crippen molar-refractivity contribution in [1.82, 2.24) is 19.7 Å². The molecule has 1 aliphatic rings. The molecule has 6 nitrogen and oxygen atoms in total. The summed E-state index contributed by atoms with van der Waals surface area (Å²) in [6.45, 7) is 3.52. The molecule has 1 aliphatic heterocycles. The number of pyridine rings is 1. The summed E-state index contributed by atoms with van der Waals surface area (Å²) >= 11 is 0. The van der Waals surface area contributed by atoms with E-state index in [2.05, 4.69) is 18.1 Å². The van der Waals surface area contributed by atoms with Gasteiger partial charge in [0.2, 0.25) is 0 Å². The van der Waals surface area contributed by atoms with Crippen LogP contribution in [0.1, 0.15) is 40.5 Å². The van der Waals surface area contributed by atoms with Gasteiger partial charge in [-0.2, -0.15) is 5.10 Å². The van der Waals surface area contributed by atoms with E-state index in [9.17, 15) is 4.79 Å². The van der Waals surface area contributed by atoms with Crippen molar-refractivity contribution in [2.75, 3.05) is 20.2 Å². The molecule has 0 radical (unpaired) electrons. The maximum atomic E-state index is 12.8. The Kier molecular flexibility index (Phi) is 4.56. The Morgan fingerprint density at radius 1 is 1.30 bits per heavy atom. The number of ether oxygens (including phenoxy) is 1. The van der Waals surface area contributed by atoms with E-state index in [0.29, 0.717) is 12.2 Å². The minimum atomic E-state index is -0.000982. The molecule has 2 aromatic heterocycles. The number of hydrogen-bond donors (Lipinski definition) is 0. The molecule has 0 N–H and O–H groups in total. The minimum Gasteiger partial charge on any atom is -0.496 e. The van der Waals surface area contributed by atoms with Gasteiger partial charge in [-0.3, -0.25) is 14.5 Å². The van der Waals surface area contributed by atoms with Crippen molar-refractivity contribution in [2.24, 2.45) is 7.05 Å². The zero-order valence-corrected chi connectivity index (χ0v) is 16.0. The number of aromatic nitrogens is 3. The molecule has 140 valence electrons. The van der Waals surface area contributed by atoms with Crippen molar-refractivity contribution in [1.29, 1.82) is 0 Å². The van der Waals surface area contributed by atoms with E-state index in [1.165, 1.54) is 0 Å². The lowest BCUT2D eigenvalue weighted by Gasteiger charge is -2.32. The van der Waals surface area contributed by atoms with Crippen LogP contribution in [0, 0.1) is 6.92 Å². The molecule has 1 fully saturated rings. The van der Waals surface area contributed by atoms with Gasteiger partial charge in [0, 0.05) is 49.5 Å². The van der Waals surface area contributed by atoms with Gasteiger partial charge >= 0.3 is 0 Å². The fraction of sp³-hybridized carbons (Fsp3) is 0.381. The molecule has 0 spiro atoms. The fourth-order valence-electron chi connectivity index (χ4n) is 3.90. The quantitative estimate of drug-likeness (QED) is 0.715. The Bertz CT molecular complexity index is 995. The lowest BCUT2D eigenvalue weighted by molar-refractivity contribution is 0.0699. The zero-order valence-electron chi connectivity index (χ0n) is 16.0. The van der Waals surface area contributed by atoms with Crippen LogP contribution in [0.25, 0.3) is 10.8 Å². The molecule has 4 rings (SSSR count). The van der Waals surface area contributed by atoms with Crippen molar-refractivity contribution >= 4 is 16.7 Å². The van der Waals surface area contributed by atoms with Crippen LogP contribution in [0.15, 0.2) is 36.7 Å². The van der Waals surface area contributed by atoms with Gasteiger partial charge in [0.1, 0.15) is 11.4 Å². The second-order valence-corrected chi connectivity index (χ2v) is 7.19. The third-order valence-electron chi connectivity index (χ3n) is 5.42. The Balaban J connectivity index is 1.61. The van der Waals surface area contributed by atoms with Crippen LogP contribution >= 0.6 is 0 Å². The molecule has 3 heterocycles. The standard InChI is InChI=1S/C21H24N4O2/c1-14-17-11-19(22-12-15(17)6-7-20(14)27-3)16-5-4-9-25(13-16)21(26)18-8-10-24(2)23-18/h6-8,10-12,16H,4-5,9,13H2,1-3H3/t16-/m1/s1. The van der Waals surface area contributed by atoms with Crippen LogP contribution in [0.2, 0.25) is 0 Å². The van der Waals surface area contributed by atoms with Crippen LogP contribution in [0.3, 0.4) is 0 Å². The average Bonchev–Trinajstić information content (AvgIpc) is 3.14. The van der Waals surface area contributed by atoms with Gasteiger partial charge < -0.3 is 9.64 Å². The fourth-order valence-corrected chi connectivity index (χ4v) is 3.90. The van der Waals surface area contributed by atoms with E-state index in [4.69, 9.17) is 9.72 Å². The summed E-state index contributed by atoms with van der Waals surface area (Å²) < 4.78 is 7.12. The molecule has 0 saturated carbocycles. The van der Waals surface area contributed by atoms with E-state index in [1.807, 2.05) is 30.3 Å². The highest BCUT2D eigenvalue weighted by Gasteiger charge is 2.27. The third-order valence-corrected chi connectivity index (χ3v) is 5.42. The molecular weight excluding hydrogens is 340 g/mol. The van der Waals surface area contributed by atoms with E-state index in [1.54, 1.807) is 24.1 Å². The number of methoxy groups -OCH3 is 1. The van der Waals surface area contributed by atoms with E-state index >= 15 is 0 Å². The highest BCUT2D eigenvalue weighted by Crippen LogP contribution is 2.31. The van der Waals surface area contributed by atoms with Crippen molar-refractivity contribution < 1.29 is 9.53 Å². The smallest absolute Gasteiger partial charge is 0.274 e. The maximum absolute atomic E-state index is 12.8. The molecule has 6 heteroatoms. The average molecular weight is 364 g/mol. The normalized spacial score (nSPS) is 17.3. The number of nitrogens with zero attached hydrogens (tertiary/aromatic N) is 4. The number of fused-ring (bicyclic) bond motifs is 1. The van der Waals surface area contributed by atoms with Crippen molar-refractivity contribution in [3.8, 4) is 5.75 Å². The molecule has 0 unspecified atom stereocenters. The number of carbonyl (C=O) groups is 1. The van der Waals surface area contributed by atoms with Crippen LogP contribution in [0.5, 0.6) is 5.75 Å². The molecule has 1 atom stereocenters. The zero-order chi connectivity index (χ0) is 19.0. The number of likely N-dealkylation sites (tertiary alicyclic amines) is 1. The van der Waals surface area contributed by atoms with Gasteiger partial charge in [-0.1, -0.05) is 0 Å². The third kappa shape index (κ3) is 3.27.